The Morgan fingerprint density at radius 1 is 1.10 bits per heavy atom. The molecular formula is C22H28N2O5. The molecule has 3 rings (SSSR count). The Kier molecular flexibility index (Phi) is 6.35. The van der Waals surface area contributed by atoms with E-state index in [9.17, 15) is 19.2 Å². The normalized spacial score (nSPS) is 17.6. The van der Waals surface area contributed by atoms with Gasteiger partial charge in [-0.3, -0.25) is 19.3 Å². The summed E-state index contributed by atoms with van der Waals surface area (Å²) in [6.45, 7) is 5.92. The van der Waals surface area contributed by atoms with E-state index in [2.05, 4.69) is 5.32 Å². The predicted molar refractivity (Wildman–Crippen MR) is 107 cm³/mol. The van der Waals surface area contributed by atoms with Crippen molar-refractivity contribution >= 4 is 23.7 Å². The molecule has 0 aromatic heterocycles. The van der Waals surface area contributed by atoms with Gasteiger partial charge in [-0.2, -0.15) is 0 Å². The summed E-state index contributed by atoms with van der Waals surface area (Å²) in [6.07, 6.45) is 3.86. The first-order valence-electron chi connectivity index (χ1n) is 10.3. The summed E-state index contributed by atoms with van der Waals surface area (Å²) in [5, 5.41) is 2.90. The van der Waals surface area contributed by atoms with Gasteiger partial charge in [0.2, 0.25) is 0 Å². The monoisotopic (exact) mass is 400 g/mol. The van der Waals surface area contributed by atoms with Crippen molar-refractivity contribution in [2.24, 2.45) is 5.92 Å². The van der Waals surface area contributed by atoms with Crippen molar-refractivity contribution in [2.75, 3.05) is 6.54 Å². The first kappa shape index (κ1) is 21.0. The van der Waals surface area contributed by atoms with Crippen molar-refractivity contribution < 1.29 is 23.9 Å². The van der Waals surface area contributed by atoms with Crippen LogP contribution < -0.4 is 5.32 Å². The van der Waals surface area contributed by atoms with E-state index < -0.39 is 18.0 Å². The van der Waals surface area contributed by atoms with Gasteiger partial charge in [0.1, 0.15) is 0 Å². The lowest BCUT2D eigenvalue weighted by molar-refractivity contribution is -0.129. The molecule has 0 unspecified atom stereocenters. The zero-order valence-electron chi connectivity index (χ0n) is 17.2. The molecule has 7 nitrogen and oxygen atoms in total. The number of benzene rings is 1. The highest BCUT2D eigenvalue weighted by Crippen LogP contribution is 2.25. The molecule has 0 bridgehead atoms. The first-order valence-corrected chi connectivity index (χ1v) is 10.3. The Labute approximate surface area is 170 Å². The smallest absolute Gasteiger partial charge is 0.338 e. The molecular weight excluding hydrogens is 372 g/mol. The van der Waals surface area contributed by atoms with E-state index in [1.807, 2.05) is 13.8 Å². The summed E-state index contributed by atoms with van der Waals surface area (Å²) in [5.74, 6) is -1.39. The third kappa shape index (κ3) is 4.66. The van der Waals surface area contributed by atoms with E-state index in [1.54, 1.807) is 0 Å². The largest absolute Gasteiger partial charge is 0.449 e. The molecule has 1 aromatic rings. The number of esters is 1. The van der Waals surface area contributed by atoms with E-state index in [-0.39, 0.29) is 29.0 Å². The van der Waals surface area contributed by atoms with E-state index in [1.165, 1.54) is 30.0 Å². The van der Waals surface area contributed by atoms with Gasteiger partial charge in [-0.25, -0.2) is 4.79 Å². The number of fused-ring (bicyclic) bond motifs is 1. The molecule has 1 aromatic carbocycles. The first-order chi connectivity index (χ1) is 13.8. The number of hydrogen-bond acceptors (Lipinski definition) is 5. The van der Waals surface area contributed by atoms with Gasteiger partial charge < -0.3 is 10.1 Å². The second kappa shape index (κ2) is 8.76. The maximum atomic E-state index is 12.6. The molecule has 1 N–H and O–H groups in total. The Hall–Kier alpha value is -2.70. The highest BCUT2D eigenvalue weighted by Gasteiger charge is 2.36. The van der Waals surface area contributed by atoms with Crippen LogP contribution in [0.15, 0.2) is 18.2 Å². The van der Waals surface area contributed by atoms with Crippen molar-refractivity contribution in [1.29, 1.82) is 0 Å². The maximum Gasteiger partial charge on any atom is 0.338 e. The molecule has 1 atom stereocenters. The number of nitrogens with one attached hydrogen (secondary N) is 1. The highest BCUT2D eigenvalue weighted by atomic mass is 16.5. The second-order valence-corrected chi connectivity index (χ2v) is 8.24. The van der Waals surface area contributed by atoms with Crippen LogP contribution in [0, 0.1) is 5.92 Å². The number of carbonyl (C=O) groups is 4. The predicted octanol–water partition coefficient (Wildman–Crippen LogP) is 2.93. The van der Waals surface area contributed by atoms with Gasteiger partial charge >= 0.3 is 5.97 Å². The fraction of sp³-hybridized carbons (Fsp3) is 0.545. The fourth-order valence-corrected chi connectivity index (χ4v) is 3.68. The number of rotatable bonds is 7. The SMILES string of the molecule is CC(C)CCN1C(=O)c2ccc(C(=O)O[C@H](C)C(=O)NC3CCCC3)cc2C1=O. The van der Waals surface area contributed by atoms with E-state index in [4.69, 9.17) is 4.74 Å². The molecule has 1 aliphatic carbocycles. The van der Waals surface area contributed by atoms with Crippen LogP contribution in [0.25, 0.3) is 0 Å². The molecule has 3 amide bonds. The quantitative estimate of drug-likeness (QED) is 0.561. The number of hydrogen-bond donors (Lipinski definition) is 1. The van der Waals surface area contributed by atoms with E-state index in [0.717, 1.165) is 25.7 Å². The average Bonchev–Trinajstić information content (AvgIpc) is 3.27. The molecule has 2 aliphatic rings. The van der Waals surface area contributed by atoms with Gasteiger partial charge in [-0.15, -0.1) is 0 Å². The van der Waals surface area contributed by atoms with Crippen molar-refractivity contribution in [1.82, 2.24) is 10.2 Å². The lowest BCUT2D eigenvalue weighted by Crippen LogP contribution is -2.40. The third-order valence-corrected chi connectivity index (χ3v) is 5.49. The summed E-state index contributed by atoms with van der Waals surface area (Å²) in [6, 6.07) is 4.46. The number of amides is 3. The summed E-state index contributed by atoms with van der Waals surface area (Å²) in [4.78, 5) is 51.0. The number of ether oxygens (including phenoxy) is 1. The molecule has 29 heavy (non-hydrogen) atoms. The third-order valence-electron chi connectivity index (χ3n) is 5.49. The van der Waals surface area contributed by atoms with Gasteiger partial charge in [0, 0.05) is 12.6 Å². The number of imide groups is 1. The van der Waals surface area contributed by atoms with Crippen LogP contribution in [0.4, 0.5) is 0 Å². The van der Waals surface area contributed by atoms with Gasteiger partial charge in [-0.05, 0) is 50.3 Å². The van der Waals surface area contributed by atoms with E-state index in [0.29, 0.717) is 24.4 Å². The average molecular weight is 400 g/mol. The standard InChI is InChI=1S/C22H28N2O5/c1-13(2)10-11-24-20(26)17-9-8-15(12-18(17)21(24)27)22(28)29-14(3)19(25)23-16-6-4-5-7-16/h8-9,12-14,16H,4-7,10-11H2,1-3H3,(H,23,25)/t14-/m1/s1. The summed E-state index contributed by atoms with van der Waals surface area (Å²) >= 11 is 0. The Balaban J connectivity index is 1.65. The Morgan fingerprint density at radius 3 is 2.41 bits per heavy atom. The Morgan fingerprint density at radius 2 is 1.76 bits per heavy atom. The maximum absolute atomic E-state index is 12.6. The minimum atomic E-state index is -0.934. The highest BCUT2D eigenvalue weighted by molar-refractivity contribution is 6.22. The number of carbonyl (C=O) groups excluding carboxylic acids is 4. The van der Waals surface area contributed by atoms with Crippen LogP contribution in [0.2, 0.25) is 0 Å². The molecule has 1 heterocycles. The van der Waals surface area contributed by atoms with Crippen molar-refractivity contribution in [3.8, 4) is 0 Å². The summed E-state index contributed by atoms with van der Waals surface area (Å²) in [7, 11) is 0. The zero-order chi connectivity index (χ0) is 21.1. The van der Waals surface area contributed by atoms with Gasteiger partial charge in [0.15, 0.2) is 6.10 Å². The van der Waals surface area contributed by atoms with Crippen LogP contribution in [-0.4, -0.2) is 47.3 Å². The minimum absolute atomic E-state index is 0.143. The molecule has 156 valence electrons. The van der Waals surface area contributed by atoms with Crippen LogP contribution in [0.1, 0.15) is 83.9 Å². The van der Waals surface area contributed by atoms with Crippen molar-refractivity contribution in [3.63, 3.8) is 0 Å². The zero-order valence-corrected chi connectivity index (χ0v) is 17.2. The molecule has 0 radical (unpaired) electrons. The minimum Gasteiger partial charge on any atom is -0.449 e. The topological polar surface area (TPSA) is 92.8 Å². The summed E-state index contributed by atoms with van der Waals surface area (Å²) < 4.78 is 5.28. The molecule has 1 saturated carbocycles. The van der Waals surface area contributed by atoms with E-state index >= 15 is 0 Å². The van der Waals surface area contributed by atoms with Crippen LogP contribution in [-0.2, 0) is 9.53 Å². The van der Waals surface area contributed by atoms with Crippen molar-refractivity contribution in [2.45, 2.75) is 65.0 Å². The van der Waals surface area contributed by atoms with Crippen molar-refractivity contribution in [3.05, 3.63) is 34.9 Å². The molecule has 1 fully saturated rings. The van der Waals surface area contributed by atoms with Crippen LogP contribution in [0.5, 0.6) is 0 Å². The Bertz CT molecular complexity index is 826. The molecule has 0 spiro atoms. The van der Waals surface area contributed by atoms with Gasteiger partial charge in [0.25, 0.3) is 17.7 Å². The summed E-state index contributed by atoms with van der Waals surface area (Å²) in [5.41, 5.74) is 0.648. The molecule has 0 saturated heterocycles. The lowest BCUT2D eigenvalue weighted by Gasteiger charge is -2.17. The van der Waals surface area contributed by atoms with Gasteiger partial charge in [0.05, 0.1) is 16.7 Å². The molecule has 7 heteroatoms. The fourth-order valence-electron chi connectivity index (χ4n) is 3.68. The second-order valence-electron chi connectivity index (χ2n) is 8.24. The van der Waals surface area contributed by atoms with Crippen LogP contribution in [0.3, 0.4) is 0 Å². The van der Waals surface area contributed by atoms with Gasteiger partial charge in [-0.1, -0.05) is 26.7 Å². The number of nitrogens with zero attached hydrogens (tertiary/aromatic N) is 1. The molecule has 1 aliphatic heterocycles. The van der Waals surface area contributed by atoms with Crippen LogP contribution >= 0.6 is 0 Å². The lowest BCUT2D eigenvalue weighted by atomic mass is 10.1.